The summed E-state index contributed by atoms with van der Waals surface area (Å²) in [6.07, 6.45) is -0.386. The van der Waals surface area contributed by atoms with Crippen molar-refractivity contribution in [3.05, 3.63) is 0 Å². The Labute approximate surface area is 155 Å². The molecule has 0 aromatic heterocycles. The third-order valence-corrected chi connectivity index (χ3v) is 5.09. The molecule has 154 valence electrons. The molecule has 0 aromatic rings. The standard InChI is InChI=1S/C13H22N4O9S/c1-6(15-9(18)5-4-8(14)11(20)21)10(19)16-13(26-3)7(2)17(12(13)22)27(23,24)25/h6-8H,4-5,14H2,1-3H3,(H,15,18)(H,16,19)(H,20,21)(H,23,24,25)/t6?,7-,8+,13-/m1/s1. The average molecular weight is 410 g/mol. The van der Waals surface area contributed by atoms with Crippen LogP contribution in [0.15, 0.2) is 0 Å². The first-order chi connectivity index (χ1) is 12.3. The first-order valence-electron chi connectivity index (χ1n) is 7.74. The highest BCUT2D eigenvalue weighted by molar-refractivity contribution is 7.84. The molecule has 0 aliphatic carbocycles. The van der Waals surface area contributed by atoms with Crippen molar-refractivity contribution in [3.63, 3.8) is 0 Å². The van der Waals surface area contributed by atoms with Gasteiger partial charge in [-0.15, -0.1) is 0 Å². The Balaban J connectivity index is 2.70. The molecule has 1 saturated heterocycles. The molecule has 1 aliphatic heterocycles. The fraction of sp³-hybridized carbons (Fsp3) is 0.692. The number of β-lactam (4-membered cyclic amide) rings is 1. The molecule has 0 radical (unpaired) electrons. The van der Waals surface area contributed by atoms with Gasteiger partial charge in [0.1, 0.15) is 18.1 Å². The second-order valence-electron chi connectivity index (χ2n) is 5.96. The van der Waals surface area contributed by atoms with Crippen LogP contribution in [0, 0.1) is 0 Å². The largest absolute Gasteiger partial charge is 0.480 e. The number of hydrogen-bond acceptors (Lipinski definition) is 8. The van der Waals surface area contributed by atoms with Crippen molar-refractivity contribution < 1.29 is 42.0 Å². The Morgan fingerprint density at radius 2 is 1.96 bits per heavy atom. The molecule has 1 unspecified atom stereocenters. The number of ether oxygens (including phenoxy) is 1. The molecule has 1 heterocycles. The molecular formula is C13H22N4O9S. The number of aliphatic carboxylic acids is 1. The van der Waals surface area contributed by atoms with Crippen LogP contribution in [0.4, 0.5) is 0 Å². The smallest absolute Gasteiger partial charge is 0.362 e. The van der Waals surface area contributed by atoms with E-state index in [1.807, 2.05) is 0 Å². The van der Waals surface area contributed by atoms with Gasteiger partial charge in [0.05, 0.1) is 0 Å². The Hall–Kier alpha value is -2.29. The molecule has 14 heteroatoms. The maximum atomic E-state index is 12.2. The fourth-order valence-electron chi connectivity index (χ4n) is 2.47. The number of rotatable bonds is 9. The lowest BCUT2D eigenvalue weighted by molar-refractivity contribution is -0.193. The molecule has 13 nitrogen and oxygen atoms in total. The lowest BCUT2D eigenvalue weighted by Crippen LogP contribution is -2.81. The normalized spacial score (nSPS) is 24.6. The minimum Gasteiger partial charge on any atom is -0.480 e. The molecular weight excluding hydrogens is 388 g/mol. The predicted octanol–water partition coefficient (Wildman–Crippen LogP) is -2.82. The first-order valence-corrected chi connectivity index (χ1v) is 9.13. The van der Waals surface area contributed by atoms with E-state index in [2.05, 4.69) is 10.6 Å². The number of nitrogens with zero attached hydrogens (tertiary/aromatic N) is 1. The number of carbonyl (C=O) groups excluding carboxylic acids is 3. The Morgan fingerprint density at radius 1 is 1.41 bits per heavy atom. The summed E-state index contributed by atoms with van der Waals surface area (Å²) in [6, 6.07) is -3.60. The van der Waals surface area contributed by atoms with Gasteiger partial charge in [-0.1, -0.05) is 0 Å². The summed E-state index contributed by atoms with van der Waals surface area (Å²) >= 11 is 0. The minimum absolute atomic E-state index is 0.143. The van der Waals surface area contributed by atoms with Gasteiger partial charge in [-0.2, -0.15) is 8.42 Å². The third-order valence-electron chi connectivity index (χ3n) is 4.11. The summed E-state index contributed by atoms with van der Waals surface area (Å²) in [4.78, 5) is 46.7. The van der Waals surface area contributed by atoms with Crippen LogP contribution in [0.3, 0.4) is 0 Å². The van der Waals surface area contributed by atoms with Crippen LogP contribution in [-0.4, -0.2) is 77.0 Å². The number of nitrogens with two attached hydrogens (primary N) is 1. The lowest BCUT2D eigenvalue weighted by Gasteiger charge is -2.50. The molecule has 0 bridgehead atoms. The van der Waals surface area contributed by atoms with Gasteiger partial charge >= 0.3 is 16.3 Å². The quantitative estimate of drug-likeness (QED) is 0.150. The Morgan fingerprint density at radius 3 is 2.37 bits per heavy atom. The molecule has 1 rings (SSSR count). The lowest BCUT2D eigenvalue weighted by atomic mass is 9.94. The van der Waals surface area contributed by atoms with Gasteiger partial charge in [-0.05, 0) is 20.3 Å². The van der Waals surface area contributed by atoms with Crippen molar-refractivity contribution in [1.29, 1.82) is 0 Å². The van der Waals surface area contributed by atoms with E-state index >= 15 is 0 Å². The van der Waals surface area contributed by atoms with Crippen molar-refractivity contribution in [3.8, 4) is 0 Å². The predicted molar refractivity (Wildman–Crippen MR) is 88.2 cm³/mol. The van der Waals surface area contributed by atoms with Crippen molar-refractivity contribution in [1.82, 2.24) is 14.9 Å². The maximum Gasteiger partial charge on any atom is 0.362 e. The molecule has 27 heavy (non-hydrogen) atoms. The third kappa shape index (κ3) is 4.71. The van der Waals surface area contributed by atoms with E-state index in [9.17, 15) is 27.6 Å². The van der Waals surface area contributed by atoms with Crippen LogP contribution in [0.1, 0.15) is 26.7 Å². The highest BCUT2D eigenvalue weighted by Crippen LogP contribution is 2.33. The van der Waals surface area contributed by atoms with Gasteiger partial charge in [-0.3, -0.25) is 23.7 Å². The molecule has 1 fully saturated rings. The van der Waals surface area contributed by atoms with E-state index in [-0.39, 0.29) is 17.1 Å². The zero-order valence-corrected chi connectivity index (χ0v) is 15.6. The minimum atomic E-state index is -4.82. The summed E-state index contributed by atoms with van der Waals surface area (Å²) in [5, 5.41) is 13.2. The van der Waals surface area contributed by atoms with Gasteiger partial charge < -0.3 is 26.2 Å². The molecule has 0 spiro atoms. The van der Waals surface area contributed by atoms with Crippen LogP contribution in [0.2, 0.25) is 0 Å². The molecule has 0 aromatic carbocycles. The van der Waals surface area contributed by atoms with E-state index in [1.54, 1.807) is 0 Å². The zero-order chi connectivity index (χ0) is 21.2. The fourth-order valence-corrected chi connectivity index (χ4v) is 3.36. The van der Waals surface area contributed by atoms with Crippen LogP contribution in [-0.2, 0) is 34.2 Å². The van der Waals surface area contributed by atoms with Gasteiger partial charge in [0, 0.05) is 13.5 Å². The second kappa shape index (κ2) is 8.16. The summed E-state index contributed by atoms with van der Waals surface area (Å²) in [7, 11) is -3.76. The van der Waals surface area contributed by atoms with Gasteiger partial charge in [0.25, 0.3) is 5.91 Å². The summed E-state index contributed by atoms with van der Waals surface area (Å²) in [5.41, 5.74) is 3.26. The van der Waals surface area contributed by atoms with Gasteiger partial charge in [0.15, 0.2) is 0 Å². The number of carboxylic acids is 1. The van der Waals surface area contributed by atoms with Crippen molar-refractivity contribution in [2.75, 3.05) is 7.11 Å². The van der Waals surface area contributed by atoms with Crippen molar-refractivity contribution in [2.24, 2.45) is 5.73 Å². The highest BCUT2D eigenvalue weighted by atomic mass is 32.2. The van der Waals surface area contributed by atoms with Crippen LogP contribution < -0.4 is 16.4 Å². The van der Waals surface area contributed by atoms with Gasteiger partial charge in [-0.25, -0.2) is 4.31 Å². The average Bonchev–Trinajstić information content (AvgIpc) is 2.55. The number of carboxylic acid groups (broad SMARTS) is 1. The van der Waals surface area contributed by atoms with E-state index in [0.717, 1.165) is 7.11 Å². The van der Waals surface area contributed by atoms with E-state index in [1.165, 1.54) is 13.8 Å². The number of hydrogen-bond donors (Lipinski definition) is 5. The SMILES string of the molecule is CO[C@@]1(NC(=O)C(C)NC(=O)CC[C@H](N)C(=O)O)C(=O)N(S(=O)(=O)O)[C@@H]1C. The number of carbonyl (C=O) groups is 4. The molecule has 6 N–H and O–H groups in total. The van der Waals surface area contributed by atoms with Gasteiger partial charge in [0.2, 0.25) is 17.5 Å². The summed E-state index contributed by atoms with van der Waals surface area (Å²) in [5.74, 6) is -3.97. The Kier molecular flexibility index (Phi) is 6.88. The highest BCUT2D eigenvalue weighted by Gasteiger charge is 2.65. The molecule has 3 amide bonds. The van der Waals surface area contributed by atoms with E-state index < -0.39 is 57.8 Å². The number of nitrogens with one attached hydrogen (secondary N) is 2. The van der Waals surface area contributed by atoms with Crippen LogP contribution >= 0.6 is 0 Å². The maximum absolute atomic E-state index is 12.2. The topological polar surface area (TPSA) is 205 Å². The number of methoxy groups -OCH3 is 1. The summed E-state index contributed by atoms with van der Waals surface area (Å²) < 4.78 is 36.4. The van der Waals surface area contributed by atoms with E-state index in [0.29, 0.717) is 0 Å². The first kappa shape index (κ1) is 22.8. The Bertz CT molecular complexity index is 740. The van der Waals surface area contributed by atoms with Crippen molar-refractivity contribution in [2.45, 2.75) is 50.5 Å². The number of amides is 3. The van der Waals surface area contributed by atoms with Crippen LogP contribution in [0.5, 0.6) is 0 Å². The van der Waals surface area contributed by atoms with Crippen LogP contribution in [0.25, 0.3) is 0 Å². The molecule has 1 aliphatic rings. The zero-order valence-electron chi connectivity index (χ0n) is 14.8. The van der Waals surface area contributed by atoms with Crippen molar-refractivity contribution >= 4 is 34.0 Å². The molecule has 0 saturated carbocycles. The molecule has 4 atom stereocenters. The van der Waals surface area contributed by atoms with E-state index in [4.69, 9.17) is 20.1 Å². The monoisotopic (exact) mass is 410 g/mol. The second-order valence-corrected chi connectivity index (χ2v) is 7.25. The summed E-state index contributed by atoms with van der Waals surface area (Å²) in [6.45, 7) is 2.53.